The molecule has 1 aromatic rings. The van der Waals surface area contributed by atoms with Crippen LogP contribution in [-0.4, -0.2) is 25.7 Å². The summed E-state index contributed by atoms with van der Waals surface area (Å²) in [5, 5.41) is 3.16. The van der Waals surface area contributed by atoms with E-state index in [1.54, 1.807) is 0 Å². The number of nitrogens with zero attached hydrogens (tertiary/aromatic N) is 1. The minimum absolute atomic E-state index is 0.146. The van der Waals surface area contributed by atoms with Crippen molar-refractivity contribution in [1.82, 2.24) is 5.32 Å². The van der Waals surface area contributed by atoms with E-state index in [0.29, 0.717) is 11.9 Å². The molecule has 0 radical (unpaired) electrons. The molecule has 1 aliphatic rings. The van der Waals surface area contributed by atoms with Crippen LogP contribution in [0.3, 0.4) is 0 Å². The fraction of sp³-hybridized carbons (Fsp3) is 0.588. The molecule has 21 heavy (non-hydrogen) atoms. The second kappa shape index (κ2) is 8.67. The zero-order valence-electron chi connectivity index (χ0n) is 12.9. The Bertz CT molecular complexity index is 433. The fourth-order valence-corrected chi connectivity index (χ4v) is 2.71. The Morgan fingerprint density at radius 1 is 1.38 bits per heavy atom. The molecule has 0 saturated carbocycles. The zero-order chi connectivity index (χ0) is 14.9. The number of ether oxygens (including phenoxy) is 1. The topological polar surface area (TPSA) is 59.6 Å². The van der Waals surface area contributed by atoms with Crippen LogP contribution in [0.1, 0.15) is 44.3 Å². The maximum absolute atomic E-state index is 5.98. The molecule has 0 aromatic heterocycles. The lowest BCUT2D eigenvalue weighted by atomic mass is 9.89. The van der Waals surface area contributed by atoms with Crippen molar-refractivity contribution < 1.29 is 4.74 Å². The summed E-state index contributed by atoms with van der Waals surface area (Å²) in [6.45, 7) is 4.63. The number of hydrogen-bond donors (Lipinski definition) is 2. The van der Waals surface area contributed by atoms with E-state index in [2.05, 4.69) is 41.5 Å². The monoisotopic (exact) mass is 289 g/mol. The van der Waals surface area contributed by atoms with Gasteiger partial charge in [-0.15, -0.1) is 0 Å². The SMILES string of the molecule is CCCCNC(N)=NCC1CCCOC1c1ccccc1. The number of nitrogens with two attached hydrogens (primary N) is 1. The Labute approximate surface area is 127 Å². The van der Waals surface area contributed by atoms with Crippen molar-refractivity contribution in [2.75, 3.05) is 19.7 Å². The quantitative estimate of drug-likeness (QED) is 0.481. The highest BCUT2D eigenvalue weighted by atomic mass is 16.5. The average molecular weight is 289 g/mol. The molecule has 3 N–H and O–H groups in total. The Morgan fingerprint density at radius 3 is 2.95 bits per heavy atom. The van der Waals surface area contributed by atoms with Crippen LogP contribution in [0.5, 0.6) is 0 Å². The van der Waals surface area contributed by atoms with E-state index in [1.165, 1.54) is 5.56 Å². The maximum atomic E-state index is 5.98. The van der Waals surface area contributed by atoms with Gasteiger partial charge in [0.2, 0.25) is 0 Å². The van der Waals surface area contributed by atoms with E-state index in [4.69, 9.17) is 10.5 Å². The largest absolute Gasteiger partial charge is 0.373 e. The molecule has 1 aromatic carbocycles. The van der Waals surface area contributed by atoms with Crippen molar-refractivity contribution in [3.8, 4) is 0 Å². The van der Waals surface area contributed by atoms with E-state index in [9.17, 15) is 0 Å². The summed E-state index contributed by atoms with van der Waals surface area (Å²) in [6, 6.07) is 10.4. The Balaban J connectivity index is 1.92. The first-order valence-electron chi connectivity index (χ1n) is 8.01. The molecule has 1 saturated heterocycles. The van der Waals surface area contributed by atoms with Gasteiger partial charge in [-0.3, -0.25) is 4.99 Å². The number of benzene rings is 1. The van der Waals surface area contributed by atoms with Crippen LogP contribution in [0.2, 0.25) is 0 Å². The van der Waals surface area contributed by atoms with E-state index in [0.717, 1.165) is 45.4 Å². The van der Waals surface area contributed by atoms with E-state index in [-0.39, 0.29) is 6.10 Å². The standard InChI is InChI=1S/C17H27N3O/c1-2-3-11-19-17(18)20-13-15-10-7-12-21-16(15)14-8-5-4-6-9-14/h4-6,8-9,15-16H,2-3,7,10-13H2,1H3,(H3,18,19,20). The van der Waals surface area contributed by atoms with Gasteiger partial charge in [-0.25, -0.2) is 0 Å². The molecular formula is C17H27N3O. The molecule has 0 amide bonds. The van der Waals surface area contributed by atoms with Gasteiger partial charge in [0.25, 0.3) is 0 Å². The normalized spacial score (nSPS) is 23.0. The third kappa shape index (κ3) is 5.05. The van der Waals surface area contributed by atoms with Crippen LogP contribution in [0.25, 0.3) is 0 Å². The third-order valence-electron chi connectivity index (χ3n) is 3.91. The zero-order valence-corrected chi connectivity index (χ0v) is 12.9. The second-order valence-corrected chi connectivity index (χ2v) is 5.61. The molecule has 116 valence electrons. The molecule has 0 spiro atoms. The van der Waals surface area contributed by atoms with Gasteiger partial charge in [-0.05, 0) is 24.8 Å². The van der Waals surface area contributed by atoms with Crippen molar-refractivity contribution >= 4 is 5.96 Å². The number of aliphatic imine (C=N–C) groups is 1. The lowest BCUT2D eigenvalue weighted by Gasteiger charge is -2.31. The van der Waals surface area contributed by atoms with Crippen LogP contribution < -0.4 is 11.1 Å². The van der Waals surface area contributed by atoms with Crippen molar-refractivity contribution in [2.45, 2.75) is 38.7 Å². The smallest absolute Gasteiger partial charge is 0.188 e. The van der Waals surface area contributed by atoms with Gasteiger partial charge < -0.3 is 15.8 Å². The second-order valence-electron chi connectivity index (χ2n) is 5.61. The molecule has 4 heteroatoms. The van der Waals surface area contributed by atoms with E-state index >= 15 is 0 Å². The number of unbranched alkanes of at least 4 members (excludes halogenated alkanes) is 1. The third-order valence-corrected chi connectivity index (χ3v) is 3.91. The summed E-state index contributed by atoms with van der Waals surface area (Å²) >= 11 is 0. The molecule has 4 nitrogen and oxygen atoms in total. The summed E-state index contributed by atoms with van der Waals surface area (Å²) < 4.78 is 5.98. The molecule has 2 rings (SSSR count). The van der Waals surface area contributed by atoms with E-state index in [1.807, 2.05) is 6.07 Å². The molecule has 2 atom stereocenters. The molecular weight excluding hydrogens is 262 g/mol. The number of rotatable bonds is 6. The first-order valence-corrected chi connectivity index (χ1v) is 8.01. The van der Waals surface area contributed by atoms with E-state index < -0.39 is 0 Å². The fourth-order valence-electron chi connectivity index (χ4n) is 2.71. The molecule has 0 aliphatic carbocycles. The van der Waals surface area contributed by atoms with Crippen molar-refractivity contribution in [1.29, 1.82) is 0 Å². The molecule has 1 heterocycles. The highest BCUT2D eigenvalue weighted by molar-refractivity contribution is 5.77. The van der Waals surface area contributed by atoms with Crippen molar-refractivity contribution in [3.05, 3.63) is 35.9 Å². The first-order chi connectivity index (χ1) is 10.3. The summed E-state index contributed by atoms with van der Waals surface area (Å²) in [7, 11) is 0. The number of guanidine groups is 1. The van der Waals surface area contributed by atoms with Crippen LogP contribution in [0.15, 0.2) is 35.3 Å². The Kier molecular flexibility index (Phi) is 6.54. The highest BCUT2D eigenvalue weighted by Crippen LogP contribution is 2.33. The van der Waals surface area contributed by atoms with Gasteiger partial charge in [-0.1, -0.05) is 43.7 Å². The average Bonchev–Trinajstić information content (AvgIpc) is 2.54. The lowest BCUT2D eigenvalue weighted by Crippen LogP contribution is -2.34. The number of hydrogen-bond acceptors (Lipinski definition) is 2. The van der Waals surface area contributed by atoms with Gasteiger partial charge >= 0.3 is 0 Å². The first kappa shape index (κ1) is 15.8. The Hall–Kier alpha value is -1.55. The summed E-state index contributed by atoms with van der Waals surface area (Å²) in [4.78, 5) is 4.50. The van der Waals surface area contributed by atoms with Gasteiger partial charge in [0.15, 0.2) is 5.96 Å². The predicted octanol–water partition coefficient (Wildman–Crippen LogP) is 2.86. The molecule has 1 fully saturated rings. The summed E-state index contributed by atoms with van der Waals surface area (Å²) in [5.41, 5.74) is 7.16. The molecule has 2 unspecified atom stereocenters. The number of nitrogens with one attached hydrogen (secondary N) is 1. The van der Waals surface area contributed by atoms with Crippen LogP contribution in [-0.2, 0) is 4.74 Å². The van der Waals surface area contributed by atoms with Crippen LogP contribution in [0.4, 0.5) is 0 Å². The van der Waals surface area contributed by atoms with Crippen molar-refractivity contribution in [2.24, 2.45) is 16.6 Å². The van der Waals surface area contributed by atoms with Crippen LogP contribution in [0, 0.1) is 5.92 Å². The maximum Gasteiger partial charge on any atom is 0.188 e. The molecule has 0 bridgehead atoms. The predicted molar refractivity (Wildman–Crippen MR) is 87.3 cm³/mol. The minimum atomic E-state index is 0.146. The molecule has 1 aliphatic heterocycles. The summed E-state index contributed by atoms with van der Waals surface area (Å²) in [5.74, 6) is 0.966. The summed E-state index contributed by atoms with van der Waals surface area (Å²) in [6.07, 6.45) is 4.67. The van der Waals surface area contributed by atoms with Gasteiger partial charge in [-0.2, -0.15) is 0 Å². The van der Waals surface area contributed by atoms with Crippen molar-refractivity contribution in [3.63, 3.8) is 0 Å². The highest BCUT2D eigenvalue weighted by Gasteiger charge is 2.27. The van der Waals surface area contributed by atoms with Gasteiger partial charge in [0.05, 0.1) is 6.10 Å². The van der Waals surface area contributed by atoms with Gasteiger partial charge in [0, 0.05) is 25.6 Å². The minimum Gasteiger partial charge on any atom is -0.373 e. The lowest BCUT2D eigenvalue weighted by molar-refractivity contribution is -0.0250. The Morgan fingerprint density at radius 2 is 2.19 bits per heavy atom. The van der Waals surface area contributed by atoms with Crippen LogP contribution >= 0.6 is 0 Å². The van der Waals surface area contributed by atoms with Gasteiger partial charge in [0.1, 0.15) is 0 Å².